The van der Waals surface area contributed by atoms with E-state index in [1.807, 2.05) is 0 Å². The molecular weight excluding hydrogens is 216 g/mol. The molecule has 0 aliphatic rings. The van der Waals surface area contributed by atoms with E-state index < -0.39 is 9.84 Å². The summed E-state index contributed by atoms with van der Waals surface area (Å²) in [7, 11) is -2.17. The van der Waals surface area contributed by atoms with Gasteiger partial charge in [-0.05, 0) is 12.1 Å². The van der Waals surface area contributed by atoms with Crippen molar-refractivity contribution in [3.63, 3.8) is 0 Å². The van der Waals surface area contributed by atoms with Gasteiger partial charge in [-0.15, -0.1) is 0 Å². The number of nitrogens with two attached hydrogens (primary N) is 1. The van der Waals surface area contributed by atoms with Crippen molar-refractivity contribution in [3.8, 4) is 0 Å². The lowest BCUT2D eigenvalue weighted by Crippen LogP contribution is -2.19. The fourth-order valence-corrected chi connectivity index (χ4v) is 2.04. The molecule has 0 aromatic heterocycles. The molecule has 0 atom stereocenters. The van der Waals surface area contributed by atoms with Crippen molar-refractivity contribution in [2.75, 3.05) is 7.11 Å². The first-order valence-electron chi connectivity index (χ1n) is 4.12. The first-order valence-corrected chi connectivity index (χ1v) is 5.67. The topological polar surface area (TPSA) is 81.4 Å². The van der Waals surface area contributed by atoms with E-state index >= 15 is 0 Å². The summed E-state index contributed by atoms with van der Waals surface area (Å²) in [4.78, 5) is 4.66. The molecule has 0 spiro atoms. The first kappa shape index (κ1) is 11.5. The molecule has 0 heterocycles. The molecule has 0 amide bonds. The summed E-state index contributed by atoms with van der Waals surface area (Å²) < 4.78 is 23.3. The van der Waals surface area contributed by atoms with Crippen LogP contribution in [0.4, 0.5) is 0 Å². The molecule has 0 aliphatic heterocycles. The minimum absolute atomic E-state index is 0.0682. The molecule has 0 fully saturated rings. The summed E-state index contributed by atoms with van der Waals surface area (Å²) >= 11 is 0. The number of rotatable bonds is 4. The van der Waals surface area contributed by atoms with Gasteiger partial charge in [0.15, 0.2) is 0 Å². The second kappa shape index (κ2) is 4.81. The molecule has 82 valence electrons. The molecule has 6 heteroatoms. The lowest BCUT2D eigenvalue weighted by molar-refractivity contribution is 0.117. The van der Waals surface area contributed by atoms with Gasteiger partial charge in [0.25, 0.3) is 0 Å². The van der Waals surface area contributed by atoms with Crippen LogP contribution < -0.4 is 11.2 Å². The minimum Gasteiger partial charge on any atom is -0.383 e. The van der Waals surface area contributed by atoms with Gasteiger partial charge in [0.2, 0.25) is 9.84 Å². The third kappa shape index (κ3) is 3.26. The molecule has 0 saturated carbocycles. The normalized spacial score (nSPS) is 12.5. The Kier molecular flexibility index (Phi) is 3.70. The van der Waals surface area contributed by atoms with Gasteiger partial charge in [-0.3, -0.25) is 10.3 Å². The van der Waals surface area contributed by atoms with Crippen LogP contribution in [0.15, 0.2) is 46.5 Å². The van der Waals surface area contributed by atoms with Crippen LogP contribution in [0.1, 0.15) is 0 Å². The van der Waals surface area contributed by atoms with Crippen LogP contribution in [0.5, 0.6) is 0 Å². The summed E-state index contributed by atoms with van der Waals surface area (Å²) in [6.45, 7) is 0. The Labute approximate surface area is 88.4 Å². The van der Waals surface area contributed by atoms with E-state index in [0.717, 1.165) is 5.41 Å². The van der Waals surface area contributed by atoms with Gasteiger partial charge in [0.05, 0.1) is 17.4 Å². The Bertz CT molecular complexity index is 440. The van der Waals surface area contributed by atoms with Crippen molar-refractivity contribution in [2.24, 2.45) is 5.73 Å². The highest BCUT2D eigenvalue weighted by molar-refractivity contribution is 7.94. The predicted molar refractivity (Wildman–Crippen MR) is 56.0 cm³/mol. The van der Waals surface area contributed by atoms with Crippen molar-refractivity contribution in [1.82, 2.24) is 5.48 Å². The zero-order valence-electron chi connectivity index (χ0n) is 8.17. The predicted octanol–water partition coefficient (Wildman–Crippen LogP) is 0.369. The second-order valence-corrected chi connectivity index (χ2v) is 4.53. The largest absolute Gasteiger partial charge is 0.383 e. The minimum atomic E-state index is -3.51. The van der Waals surface area contributed by atoms with Gasteiger partial charge >= 0.3 is 0 Å². The number of hydroxylamine groups is 1. The Morgan fingerprint density at radius 1 is 1.40 bits per heavy atom. The third-order valence-electron chi connectivity index (χ3n) is 1.57. The molecule has 0 aliphatic carbocycles. The number of hydrogen-bond acceptors (Lipinski definition) is 5. The summed E-state index contributed by atoms with van der Waals surface area (Å²) in [5.41, 5.74) is 7.58. The molecule has 3 N–H and O–H groups in total. The molecule has 0 unspecified atom stereocenters. The van der Waals surface area contributed by atoms with E-state index in [-0.39, 0.29) is 10.7 Å². The zero-order valence-corrected chi connectivity index (χ0v) is 8.99. The van der Waals surface area contributed by atoms with Crippen LogP contribution >= 0.6 is 0 Å². The maximum absolute atomic E-state index is 11.7. The van der Waals surface area contributed by atoms with Crippen LogP contribution in [-0.4, -0.2) is 15.5 Å². The SMILES string of the molecule is CON/C(N)=C/S(=O)(=O)c1ccccc1. The summed E-state index contributed by atoms with van der Waals surface area (Å²) in [5.74, 6) is -0.0682. The number of hydrogen-bond donors (Lipinski definition) is 2. The van der Waals surface area contributed by atoms with Crippen LogP contribution in [0.25, 0.3) is 0 Å². The fraction of sp³-hybridized carbons (Fsp3) is 0.111. The first-order chi connectivity index (χ1) is 7.06. The van der Waals surface area contributed by atoms with Crippen molar-refractivity contribution in [2.45, 2.75) is 4.90 Å². The number of sulfone groups is 1. The van der Waals surface area contributed by atoms with Gasteiger partial charge in [0, 0.05) is 0 Å². The molecule has 1 rings (SSSR count). The standard InChI is InChI=1S/C9H12N2O3S/c1-14-11-9(10)7-15(12,13)8-5-3-2-4-6-8/h2-7,11H,10H2,1H3/b9-7+. The molecule has 5 nitrogen and oxygen atoms in total. The Hall–Kier alpha value is -1.53. The van der Waals surface area contributed by atoms with Crippen molar-refractivity contribution in [3.05, 3.63) is 41.6 Å². The van der Waals surface area contributed by atoms with Crippen LogP contribution in [-0.2, 0) is 14.7 Å². The molecule has 1 aromatic carbocycles. The second-order valence-electron chi connectivity index (χ2n) is 2.74. The average Bonchev–Trinajstić information content (AvgIpc) is 2.18. The van der Waals surface area contributed by atoms with Crippen LogP contribution in [0, 0.1) is 0 Å². The van der Waals surface area contributed by atoms with E-state index in [4.69, 9.17) is 5.73 Å². The van der Waals surface area contributed by atoms with Crippen molar-refractivity contribution >= 4 is 9.84 Å². The summed E-state index contributed by atoms with van der Waals surface area (Å²) in [6, 6.07) is 8.00. The van der Waals surface area contributed by atoms with Crippen molar-refractivity contribution in [1.29, 1.82) is 0 Å². The summed E-state index contributed by atoms with van der Waals surface area (Å²) in [6.07, 6.45) is 0. The van der Waals surface area contributed by atoms with Gasteiger partial charge in [-0.2, -0.15) is 0 Å². The van der Waals surface area contributed by atoms with Crippen molar-refractivity contribution < 1.29 is 13.3 Å². The monoisotopic (exact) mass is 228 g/mol. The van der Waals surface area contributed by atoms with Crippen LogP contribution in [0.2, 0.25) is 0 Å². The van der Waals surface area contributed by atoms with Gasteiger partial charge in [-0.1, -0.05) is 18.2 Å². The highest BCUT2D eigenvalue weighted by Gasteiger charge is 2.10. The van der Waals surface area contributed by atoms with Gasteiger partial charge in [-0.25, -0.2) is 8.42 Å². The maximum Gasteiger partial charge on any atom is 0.203 e. The lowest BCUT2D eigenvalue weighted by Gasteiger charge is -2.03. The lowest BCUT2D eigenvalue weighted by atomic mass is 10.4. The highest BCUT2D eigenvalue weighted by Crippen LogP contribution is 2.11. The fourth-order valence-electron chi connectivity index (χ4n) is 0.987. The molecule has 1 aromatic rings. The Morgan fingerprint density at radius 3 is 2.53 bits per heavy atom. The van der Waals surface area contributed by atoms with Crippen LogP contribution in [0.3, 0.4) is 0 Å². The van der Waals surface area contributed by atoms with Gasteiger partial charge in [0.1, 0.15) is 5.82 Å². The Morgan fingerprint density at radius 2 is 2.00 bits per heavy atom. The number of benzene rings is 1. The number of nitrogens with one attached hydrogen (secondary N) is 1. The smallest absolute Gasteiger partial charge is 0.203 e. The zero-order chi connectivity index (χ0) is 11.3. The third-order valence-corrected chi connectivity index (χ3v) is 3.07. The average molecular weight is 228 g/mol. The molecule has 0 bridgehead atoms. The molecular formula is C9H12N2O3S. The Balaban J connectivity index is 3.00. The highest BCUT2D eigenvalue weighted by atomic mass is 32.2. The quantitative estimate of drug-likeness (QED) is 0.728. The van der Waals surface area contributed by atoms with E-state index in [9.17, 15) is 8.42 Å². The van der Waals surface area contributed by atoms with E-state index in [1.54, 1.807) is 18.2 Å². The molecule has 0 radical (unpaired) electrons. The van der Waals surface area contributed by atoms with E-state index in [0.29, 0.717) is 0 Å². The van der Waals surface area contributed by atoms with Gasteiger partial charge < -0.3 is 5.73 Å². The van der Waals surface area contributed by atoms with E-state index in [1.165, 1.54) is 19.2 Å². The summed E-state index contributed by atoms with van der Waals surface area (Å²) in [5, 5.41) is 0.909. The van der Waals surface area contributed by atoms with E-state index in [2.05, 4.69) is 10.3 Å². The molecule has 0 saturated heterocycles. The maximum atomic E-state index is 11.7. The molecule has 15 heavy (non-hydrogen) atoms.